The number of nitrogens with zero attached hydrogens (tertiary/aromatic N) is 2. The molecule has 8 nitrogen and oxygen atoms in total. The smallest absolute Gasteiger partial charge is 0.308 e. The quantitative estimate of drug-likeness (QED) is 0.741. The van der Waals surface area contributed by atoms with E-state index in [1.807, 2.05) is 0 Å². The third kappa shape index (κ3) is 5.77. The van der Waals surface area contributed by atoms with Gasteiger partial charge in [-0.25, -0.2) is 4.39 Å². The van der Waals surface area contributed by atoms with E-state index in [9.17, 15) is 23.6 Å². The topological polar surface area (TPSA) is 107 Å². The van der Waals surface area contributed by atoms with Gasteiger partial charge in [0.05, 0.1) is 19.0 Å². The summed E-state index contributed by atoms with van der Waals surface area (Å²) in [5.41, 5.74) is 0.0922. The zero-order valence-corrected chi connectivity index (χ0v) is 15.0. The Bertz CT molecular complexity index is 739. The van der Waals surface area contributed by atoms with Crippen molar-refractivity contribution in [1.29, 1.82) is 0 Å². The molecule has 1 aromatic rings. The highest BCUT2D eigenvalue weighted by Gasteiger charge is 2.29. The summed E-state index contributed by atoms with van der Waals surface area (Å²) >= 11 is 0. The molecule has 146 valence electrons. The lowest BCUT2D eigenvalue weighted by Crippen LogP contribution is -2.48. The highest BCUT2D eigenvalue weighted by atomic mass is 19.1. The predicted molar refractivity (Wildman–Crippen MR) is 93.3 cm³/mol. The third-order valence-electron chi connectivity index (χ3n) is 4.41. The van der Waals surface area contributed by atoms with Crippen molar-refractivity contribution in [2.24, 2.45) is 5.92 Å². The summed E-state index contributed by atoms with van der Waals surface area (Å²) in [5, 5.41) is 11.5. The number of hydrogen-bond acceptors (Lipinski definition) is 4. The molecule has 1 aromatic carbocycles. The van der Waals surface area contributed by atoms with Crippen LogP contribution in [0.1, 0.15) is 23.2 Å². The van der Waals surface area contributed by atoms with E-state index in [0.717, 1.165) is 6.07 Å². The molecular formula is C18H22FN3O5. The number of carboxylic acids is 1. The number of carbonyl (C=O) groups is 4. The second-order valence-electron chi connectivity index (χ2n) is 6.46. The maximum atomic E-state index is 13.1. The molecule has 1 aliphatic heterocycles. The van der Waals surface area contributed by atoms with Gasteiger partial charge in [0.15, 0.2) is 0 Å². The van der Waals surface area contributed by atoms with E-state index >= 15 is 0 Å². The molecule has 0 saturated carbocycles. The average molecular weight is 379 g/mol. The molecule has 2 rings (SSSR count). The van der Waals surface area contributed by atoms with Gasteiger partial charge in [-0.1, -0.05) is 6.07 Å². The number of benzene rings is 1. The Hall–Kier alpha value is -2.97. The Morgan fingerprint density at radius 1 is 1.33 bits per heavy atom. The second kappa shape index (κ2) is 9.11. The molecular weight excluding hydrogens is 357 g/mol. The molecule has 1 fully saturated rings. The molecule has 0 spiro atoms. The van der Waals surface area contributed by atoms with Crippen LogP contribution in [0.3, 0.4) is 0 Å². The first-order chi connectivity index (χ1) is 12.8. The lowest BCUT2D eigenvalue weighted by Gasteiger charge is -2.32. The van der Waals surface area contributed by atoms with E-state index < -0.39 is 29.5 Å². The fourth-order valence-electron chi connectivity index (χ4n) is 2.82. The van der Waals surface area contributed by atoms with Crippen molar-refractivity contribution in [2.45, 2.75) is 12.8 Å². The minimum absolute atomic E-state index is 0.0922. The molecule has 1 heterocycles. The Morgan fingerprint density at radius 2 is 2.07 bits per heavy atom. The van der Waals surface area contributed by atoms with Gasteiger partial charge in [-0.2, -0.15) is 0 Å². The van der Waals surface area contributed by atoms with Gasteiger partial charge in [0, 0.05) is 25.7 Å². The van der Waals surface area contributed by atoms with Crippen LogP contribution >= 0.6 is 0 Å². The van der Waals surface area contributed by atoms with Crippen molar-refractivity contribution < 1.29 is 28.7 Å². The van der Waals surface area contributed by atoms with Crippen LogP contribution in [0.2, 0.25) is 0 Å². The zero-order valence-electron chi connectivity index (χ0n) is 15.0. The molecule has 9 heteroatoms. The summed E-state index contributed by atoms with van der Waals surface area (Å²) in [7, 11) is 1.42. The maximum absolute atomic E-state index is 13.1. The first-order valence-electron chi connectivity index (χ1n) is 8.56. The summed E-state index contributed by atoms with van der Waals surface area (Å²) in [6, 6.07) is 5.07. The van der Waals surface area contributed by atoms with Gasteiger partial charge in [-0.05, 0) is 31.0 Å². The van der Waals surface area contributed by atoms with Crippen LogP contribution in [-0.2, 0) is 14.4 Å². The van der Waals surface area contributed by atoms with Crippen molar-refractivity contribution in [3.05, 3.63) is 35.6 Å². The number of aliphatic carboxylic acids is 1. The van der Waals surface area contributed by atoms with Crippen molar-refractivity contribution in [2.75, 3.05) is 33.2 Å². The van der Waals surface area contributed by atoms with Gasteiger partial charge in [-0.3, -0.25) is 19.2 Å². The third-order valence-corrected chi connectivity index (χ3v) is 4.41. The summed E-state index contributed by atoms with van der Waals surface area (Å²) < 4.78 is 13.1. The molecule has 0 bridgehead atoms. The fourth-order valence-corrected chi connectivity index (χ4v) is 2.82. The predicted octanol–water partition coefficient (Wildman–Crippen LogP) is 0.337. The van der Waals surface area contributed by atoms with Crippen molar-refractivity contribution >= 4 is 23.7 Å². The van der Waals surface area contributed by atoms with Gasteiger partial charge in [-0.15, -0.1) is 0 Å². The van der Waals surface area contributed by atoms with Gasteiger partial charge in [0.1, 0.15) is 5.82 Å². The number of piperidine rings is 1. The largest absolute Gasteiger partial charge is 0.481 e. The minimum Gasteiger partial charge on any atom is -0.481 e. The van der Waals surface area contributed by atoms with Crippen LogP contribution in [0, 0.1) is 11.7 Å². The molecule has 0 aliphatic carbocycles. The molecule has 0 aromatic heterocycles. The first kappa shape index (κ1) is 20.3. The molecule has 1 aliphatic rings. The fraction of sp³-hybridized carbons (Fsp3) is 0.444. The SMILES string of the molecule is CN(CC(=O)N1CCCC(C(=O)O)C1)C(=O)CNC(=O)c1cccc(F)c1. The molecule has 1 atom stereocenters. The minimum atomic E-state index is -0.933. The summed E-state index contributed by atoms with van der Waals surface area (Å²) in [5.74, 6) is -3.50. The number of likely N-dealkylation sites (tertiary alicyclic amines) is 1. The number of amides is 3. The summed E-state index contributed by atoms with van der Waals surface area (Å²) in [4.78, 5) is 50.0. The molecule has 1 unspecified atom stereocenters. The number of nitrogens with one attached hydrogen (secondary N) is 1. The molecule has 27 heavy (non-hydrogen) atoms. The highest BCUT2D eigenvalue weighted by molar-refractivity contribution is 5.96. The molecule has 1 saturated heterocycles. The molecule has 2 N–H and O–H groups in total. The van der Waals surface area contributed by atoms with Gasteiger partial charge in [0.25, 0.3) is 5.91 Å². The van der Waals surface area contributed by atoms with Crippen LogP contribution in [0.4, 0.5) is 4.39 Å². The van der Waals surface area contributed by atoms with Crippen LogP contribution in [0.25, 0.3) is 0 Å². The Balaban J connectivity index is 1.81. The summed E-state index contributed by atoms with van der Waals surface area (Å²) in [6.45, 7) is 0.0470. The highest BCUT2D eigenvalue weighted by Crippen LogP contribution is 2.16. The monoisotopic (exact) mass is 379 g/mol. The van der Waals surface area contributed by atoms with Crippen LogP contribution < -0.4 is 5.32 Å². The number of likely N-dealkylation sites (N-methyl/N-ethyl adjacent to an activating group) is 1. The van der Waals surface area contributed by atoms with Crippen molar-refractivity contribution in [1.82, 2.24) is 15.1 Å². The first-order valence-corrected chi connectivity index (χ1v) is 8.56. The Morgan fingerprint density at radius 3 is 2.74 bits per heavy atom. The molecule has 0 radical (unpaired) electrons. The average Bonchev–Trinajstić information content (AvgIpc) is 2.65. The maximum Gasteiger partial charge on any atom is 0.308 e. The Kier molecular flexibility index (Phi) is 6.86. The van der Waals surface area contributed by atoms with E-state index in [1.54, 1.807) is 0 Å². The number of rotatable bonds is 6. The van der Waals surface area contributed by atoms with E-state index in [1.165, 1.54) is 35.0 Å². The number of carbonyl (C=O) groups excluding carboxylic acids is 3. The van der Waals surface area contributed by atoms with Gasteiger partial charge < -0.3 is 20.2 Å². The molecule has 3 amide bonds. The number of halogens is 1. The number of carboxylic acid groups (broad SMARTS) is 1. The summed E-state index contributed by atoms with van der Waals surface area (Å²) in [6.07, 6.45) is 1.13. The van der Waals surface area contributed by atoms with Crippen LogP contribution in [-0.4, -0.2) is 71.8 Å². The normalized spacial score (nSPS) is 16.5. The lowest BCUT2D eigenvalue weighted by atomic mass is 9.98. The van der Waals surface area contributed by atoms with Crippen molar-refractivity contribution in [3.8, 4) is 0 Å². The van der Waals surface area contributed by atoms with Gasteiger partial charge in [0.2, 0.25) is 11.8 Å². The Labute approximate surface area is 155 Å². The number of hydrogen-bond donors (Lipinski definition) is 2. The van der Waals surface area contributed by atoms with Crippen LogP contribution in [0.15, 0.2) is 24.3 Å². The van der Waals surface area contributed by atoms with E-state index in [0.29, 0.717) is 19.4 Å². The van der Waals surface area contributed by atoms with E-state index in [-0.39, 0.29) is 31.1 Å². The van der Waals surface area contributed by atoms with Crippen LogP contribution in [0.5, 0.6) is 0 Å². The van der Waals surface area contributed by atoms with E-state index in [2.05, 4.69) is 5.32 Å². The zero-order chi connectivity index (χ0) is 20.0. The van der Waals surface area contributed by atoms with E-state index in [4.69, 9.17) is 5.11 Å². The lowest BCUT2D eigenvalue weighted by molar-refractivity contribution is -0.147. The second-order valence-corrected chi connectivity index (χ2v) is 6.46. The van der Waals surface area contributed by atoms with Crippen molar-refractivity contribution in [3.63, 3.8) is 0 Å². The van der Waals surface area contributed by atoms with Gasteiger partial charge >= 0.3 is 5.97 Å². The standard InChI is InChI=1S/C18H22FN3O5/c1-21(11-16(24)22-7-3-5-13(10-22)18(26)27)15(23)9-20-17(25)12-4-2-6-14(19)8-12/h2,4,6,8,13H,3,5,7,9-11H2,1H3,(H,20,25)(H,26,27).